The lowest BCUT2D eigenvalue weighted by molar-refractivity contribution is -0.123. The van der Waals surface area contributed by atoms with E-state index in [4.69, 9.17) is 21.1 Å². The quantitative estimate of drug-likeness (QED) is 0.778. The SMILES string of the molecule is COc1ccc(Cl)cc1C(=O)OCC(=O)NC(=O)Nc1ccccc1F. The van der Waals surface area contributed by atoms with Gasteiger partial charge in [0.25, 0.3) is 5.91 Å². The van der Waals surface area contributed by atoms with Crippen LogP contribution >= 0.6 is 11.6 Å². The molecule has 0 bridgehead atoms. The molecule has 7 nitrogen and oxygen atoms in total. The minimum absolute atomic E-state index is 0.0311. The maximum atomic E-state index is 13.4. The van der Waals surface area contributed by atoms with Crippen molar-refractivity contribution in [1.29, 1.82) is 0 Å². The fourth-order valence-electron chi connectivity index (χ4n) is 1.93. The highest BCUT2D eigenvalue weighted by Gasteiger charge is 2.17. The molecule has 0 unspecified atom stereocenters. The predicted molar refractivity (Wildman–Crippen MR) is 91.8 cm³/mol. The molecule has 0 aromatic heterocycles. The summed E-state index contributed by atoms with van der Waals surface area (Å²) in [4.78, 5) is 35.3. The maximum absolute atomic E-state index is 13.4. The molecule has 0 atom stereocenters. The first-order valence-electron chi connectivity index (χ1n) is 7.26. The Morgan fingerprint density at radius 3 is 2.58 bits per heavy atom. The lowest BCUT2D eigenvalue weighted by atomic mass is 10.2. The third-order valence-electron chi connectivity index (χ3n) is 3.09. The number of imide groups is 1. The standard InChI is InChI=1S/C17H14ClFN2O5/c1-25-14-7-6-10(18)8-11(14)16(23)26-9-15(22)21-17(24)20-13-5-3-2-4-12(13)19/h2-8H,9H2,1H3,(H2,20,21,22,24). The summed E-state index contributed by atoms with van der Waals surface area (Å²) >= 11 is 5.81. The van der Waals surface area contributed by atoms with Gasteiger partial charge in [0, 0.05) is 5.02 Å². The van der Waals surface area contributed by atoms with Crippen molar-refractivity contribution in [3.63, 3.8) is 0 Å². The van der Waals surface area contributed by atoms with Gasteiger partial charge in [0.1, 0.15) is 17.1 Å². The molecule has 2 rings (SSSR count). The van der Waals surface area contributed by atoms with Crippen LogP contribution in [0.15, 0.2) is 42.5 Å². The second-order valence-electron chi connectivity index (χ2n) is 4.90. The van der Waals surface area contributed by atoms with Crippen molar-refractivity contribution < 1.29 is 28.2 Å². The number of carbonyl (C=O) groups excluding carboxylic acids is 3. The van der Waals surface area contributed by atoms with E-state index in [1.54, 1.807) is 0 Å². The van der Waals surface area contributed by atoms with Crippen LogP contribution in [-0.2, 0) is 9.53 Å². The summed E-state index contributed by atoms with van der Waals surface area (Å²) in [7, 11) is 1.36. The summed E-state index contributed by atoms with van der Waals surface area (Å²) < 4.78 is 23.2. The van der Waals surface area contributed by atoms with Crippen LogP contribution in [0.25, 0.3) is 0 Å². The van der Waals surface area contributed by atoms with Crippen LogP contribution < -0.4 is 15.4 Å². The first-order chi connectivity index (χ1) is 12.4. The number of anilines is 1. The van der Waals surface area contributed by atoms with E-state index in [1.165, 1.54) is 43.5 Å². The van der Waals surface area contributed by atoms with Crippen molar-refractivity contribution in [2.45, 2.75) is 0 Å². The zero-order chi connectivity index (χ0) is 19.1. The number of rotatable bonds is 5. The van der Waals surface area contributed by atoms with Gasteiger partial charge in [0.05, 0.1) is 12.8 Å². The molecule has 136 valence electrons. The van der Waals surface area contributed by atoms with Crippen LogP contribution in [0.5, 0.6) is 5.75 Å². The summed E-state index contributed by atoms with van der Waals surface area (Å²) in [6.07, 6.45) is 0. The molecule has 0 aliphatic carbocycles. The number of ether oxygens (including phenoxy) is 2. The highest BCUT2D eigenvalue weighted by Crippen LogP contribution is 2.23. The van der Waals surface area contributed by atoms with Crippen LogP contribution in [0.3, 0.4) is 0 Å². The predicted octanol–water partition coefficient (Wildman–Crippen LogP) is 2.99. The third-order valence-corrected chi connectivity index (χ3v) is 3.33. The van der Waals surface area contributed by atoms with E-state index in [-0.39, 0.29) is 22.0 Å². The van der Waals surface area contributed by atoms with Gasteiger partial charge in [-0.25, -0.2) is 14.0 Å². The maximum Gasteiger partial charge on any atom is 0.342 e. The van der Waals surface area contributed by atoms with E-state index in [9.17, 15) is 18.8 Å². The number of carbonyl (C=O) groups is 3. The summed E-state index contributed by atoms with van der Waals surface area (Å²) in [5.74, 6) is -2.19. The van der Waals surface area contributed by atoms with Gasteiger partial charge in [-0.3, -0.25) is 10.1 Å². The molecule has 0 aliphatic heterocycles. The van der Waals surface area contributed by atoms with Gasteiger partial charge in [0.15, 0.2) is 6.61 Å². The largest absolute Gasteiger partial charge is 0.496 e. The number of esters is 1. The van der Waals surface area contributed by atoms with E-state index in [1.807, 2.05) is 5.32 Å². The third kappa shape index (κ3) is 5.18. The number of methoxy groups -OCH3 is 1. The summed E-state index contributed by atoms with van der Waals surface area (Å²) in [5.41, 5.74) is -0.0675. The van der Waals surface area contributed by atoms with Gasteiger partial charge in [0.2, 0.25) is 0 Å². The first kappa shape index (κ1) is 19.2. The molecule has 3 amide bonds. The molecular weight excluding hydrogens is 367 g/mol. The number of nitrogens with one attached hydrogen (secondary N) is 2. The lowest BCUT2D eigenvalue weighted by Crippen LogP contribution is -2.37. The Balaban J connectivity index is 1.88. The molecule has 0 radical (unpaired) electrons. The van der Waals surface area contributed by atoms with Crippen molar-refractivity contribution in [1.82, 2.24) is 5.32 Å². The Morgan fingerprint density at radius 2 is 1.88 bits per heavy atom. The van der Waals surface area contributed by atoms with Gasteiger partial charge in [-0.1, -0.05) is 23.7 Å². The molecule has 2 aromatic carbocycles. The van der Waals surface area contributed by atoms with Crippen LogP contribution in [0.2, 0.25) is 5.02 Å². The van der Waals surface area contributed by atoms with Crippen LogP contribution in [0.4, 0.5) is 14.9 Å². The fraction of sp³-hybridized carbons (Fsp3) is 0.118. The topological polar surface area (TPSA) is 93.7 Å². The minimum Gasteiger partial charge on any atom is -0.496 e. The van der Waals surface area contributed by atoms with Crippen molar-refractivity contribution in [3.05, 3.63) is 58.9 Å². The number of amides is 3. The second kappa shape index (κ2) is 8.82. The molecule has 2 aromatic rings. The Hall–Kier alpha value is -3.13. The van der Waals surface area contributed by atoms with E-state index in [0.29, 0.717) is 0 Å². The second-order valence-corrected chi connectivity index (χ2v) is 5.34. The molecule has 9 heteroatoms. The number of hydrogen-bond donors (Lipinski definition) is 2. The van der Waals surface area contributed by atoms with Crippen molar-refractivity contribution in [2.24, 2.45) is 0 Å². The number of benzene rings is 2. The van der Waals surface area contributed by atoms with Gasteiger partial charge < -0.3 is 14.8 Å². The number of para-hydroxylation sites is 1. The monoisotopic (exact) mass is 380 g/mol. The van der Waals surface area contributed by atoms with Gasteiger partial charge >= 0.3 is 12.0 Å². The molecule has 0 spiro atoms. The number of urea groups is 1. The summed E-state index contributed by atoms with van der Waals surface area (Å²) in [5, 5.41) is 4.36. The number of hydrogen-bond acceptors (Lipinski definition) is 5. The average Bonchev–Trinajstić information content (AvgIpc) is 2.61. The lowest BCUT2D eigenvalue weighted by Gasteiger charge is -2.10. The molecule has 0 aliphatic rings. The summed E-state index contributed by atoms with van der Waals surface area (Å²) in [6.45, 7) is -0.723. The summed E-state index contributed by atoms with van der Waals surface area (Å²) in [6, 6.07) is 8.80. The highest BCUT2D eigenvalue weighted by molar-refractivity contribution is 6.31. The highest BCUT2D eigenvalue weighted by atomic mass is 35.5. The normalized spacial score (nSPS) is 9.96. The van der Waals surface area contributed by atoms with Gasteiger partial charge in [-0.15, -0.1) is 0 Å². The fourth-order valence-corrected chi connectivity index (χ4v) is 2.10. The van der Waals surface area contributed by atoms with Gasteiger partial charge in [-0.2, -0.15) is 0 Å². The molecular formula is C17H14ClFN2O5. The van der Waals surface area contributed by atoms with E-state index in [0.717, 1.165) is 6.07 Å². The first-order valence-corrected chi connectivity index (χ1v) is 7.64. The zero-order valence-electron chi connectivity index (χ0n) is 13.5. The zero-order valence-corrected chi connectivity index (χ0v) is 14.3. The Morgan fingerprint density at radius 1 is 1.15 bits per heavy atom. The van der Waals surface area contributed by atoms with Crippen LogP contribution in [0, 0.1) is 5.82 Å². The van der Waals surface area contributed by atoms with Gasteiger partial charge in [-0.05, 0) is 30.3 Å². The van der Waals surface area contributed by atoms with Crippen molar-refractivity contribution in [2.75, 3.05) is 19.0 Å². The molecule has 0 heterocycles. The minimum atomic E-state index is -0.962. The average molecular weight is 381 g/mol. The van der Waals surface area contributed by atoms with Crippen LogP contribution in [-0.4, -0.2) is 31.6 Å². The Bertz CT molecular complexity index is 844. The van der Waals surface area contributed by atoms with E-state index < -0.39 is 30.3 Å². The van der Waals surface area contributed by atoms with E-state index in [2.05, 4.69) is 5.32 Å². The number of halogens is 2. The molecule has 0 saturated carbocycles. The van der Waals surface area contributed by atoms with E-state index >= 15 is 0 Å². The molecule has 26 heavy (non-hydrogen) atoms. The molecule has 0 saturated heterocycles. The smallest absolute Gasteiger partial charge is 0.342 e. The Kier molecular flexibility index (Phi) is 6.51. The van der Waals surface area contributed by atoms with Crippen molar-refractivity contribution in [3.8, 4) is 5.75 Å². The Labute approximate surface area is 153 Å². The molecule has 2 N–H and O–H groups in total. The van der Waals surface area contributed by atoms with Crippen molar-refractivity contribution >= 4 is 35.2 Å². The molecule has 0 fully saturated rings. The van der Waals surface area contributed by atoms with Crippen LogP contribution in [0.1, 0.15) is 10.4 Å².